The van der Waals surface area contributed by atoms with Gasteiger partial charge in [0.15, 0.2) is 0 Å². The van der Waals surface area contributed by atoms with Gasteiger partial charge in [0.2, 0.25) is 0 Å². The molecule has 2 rings (SSSR count). The van der Waals surface area contributed by atoms with Gasteiger partial charge in [-0.1, -0.05) is 12.2 Å². The number of nitrogens with zero attached hydrogens (tertiary/aromatic N) is 2. The Morgan fingerprint density at radius 3 is 2.93 bits per heavy atom. The van der Waals surface area contributed by atoms with Crippen LogP contribution in [-0.2, 0) is 0 Å². The average Bonchev–Trinajstić information content (AvgIpc) is 2.70. The van der Waals surface area contributed by atoms with Crippen LogP contribution in [0, 0.1) is 16.0 Å². The molecule has 0 saturated carbocycles. The van der Waals surface area contributed by atoms with Gasteiger partial charge < -0.3 is 4.98 Å². The van der Waals surface area contributed by atoms with E-state index in [1.165, 1.54) is 11.3 Å². The van der Waals surface area contributed by atoms with Gasteiger partial charge in [0.1, 0.15) is 15.7 Å². The molecule has 0 saturated heterocycles. The van der Waals surface area contributed by atoms with Crippen LogP contribution in [0.2, 0.25) is 0 Å². The first kappa shape index (κ1) is 9.06. The van der Waals surface area contributed by atoms with Gasteiger partial charge in [-0.05, 0) is 12.1 Å². The molecule has 68 valence electrons. The van der Waals surface area contributed by atoms with E-state index in [0.29, 0.717) is 10.2 Å². The molecule has 0 aliphatic carbocycles. The van der Waals surface area contributed by atoms with Gasteiger partial charge in [-0.2, -0.15) is 5.26 Å². The largest absolute Gasteiger partial charge is 0.343 e. The van der Waals surface area contributed by atoms with Gasteiger partial charge >= 0.3 is 0 Å². The van der Waals surface area contributed by atoms with Gasteiger partial charge in [-0.3, -0.25) is 0 Å². The molecule has 0 atom stereocenters. The highest BCUT2D eigenvalue weighted by Crippen LogP contribution is 2.19. The van der Waals surface area contributed by atoms with Crippen LogP contribution in [-0.4, -0.2) is 9.97 Å². The Morgan fingerprint density at radius 1 is 1.50 bits per heavy atom. The van der Waals surface area contributed by atoms with E-state index in [1.54, 1.807) is 12.3 Å². The van der Waals surface area contributed by atoms with E-state index in [0.717, 1.165) is 10.7 Å². The molecule has 0 aliphatic heterocycles. The Hall–Kier alpha value is -1.51. The van der Waals surface area contributed by atoms with E-state index in [-0.39, 0.29) is 0 Å². The third kappa shape index (κ3) is 1.58. The second-order valence-electron chi connectivity index (χ2n) is 2.56. The SMILES string of the molecule is N#Cc1ccc(-c2nccs2)[nH]c1=S. The van der Waals surface area contributed by atoms with Crippen LogP contribution in [0.3, 0.4) is 0 Å². The minimum atomic E-state index is 0.459. The van der Waals surface area contributed by atoms with Crippen LogP contribution < -0.4 is 0 Å². The molecule has 0 radical (unpaired) electrons. The van der Waals surface area contributed by atoms with Crippen LogP contribution in [0.5, 0.6) is 0 Å². The zero-order chi connectivity index (χ0) is 9.97. The molecular weight excluding hydrogens is 214 g/mol. The summed E-state index contributed by atoms with van der Waals surface area (Å²) in [7, 11) is 0. The highest BCUT2D eigenvalue weighted by atomic mass is 32.1. The van der Waals surface area contributed by atoms with Crippen LogP contribution in [0.25, 0.3) is 10.7 Å². The van der Waals surface area contributed by atoms with Crippen molar-refractivity contribution >= 4 is 23.6 Å². The van der Waals surface area contributed by atoms with Crippen LogP contribution in [0.1, 0.15) is 5.56 Å². The van der Waals surface area contributed by atoms with Gasteiger partial charge in [-0.15, -0.1) is 11.3 Å². The van der Waals surface area contributed by atoms with E-state index < -0.39 is 0 Å². The number of thiazole rings is 1. The van der Waals surface area contributed by atoms with Gasteiger partial charge in [-0.25, -0.2) is 4.98 Å². The normalized spacial score (nSPS) is 9.64. The first-order chi connectivity index (χ1) is 6.81. The maximum Gasteiger partial charge on any atom is 0.139 e. The summed E-state index contributed by atoms with van der Waals surface area (Å²) in [5.41, 5.74) is 1.34. The van der Waals surface area contributed by atoms with Crippen molar-refractivity contribution in [1.29, 1.82) is 5.26 Å². The maximum atomic E-state index is 8.69. The van der Waals surface area contributed by atoms with E-state index in [1.807, 2.05) is 17.5 Å². The number of rotatable bonds is 1. The quantitative estimate of drug-likeness (QED) is 0.750. The lowest BCUT2D eigenvalue weighted by Gasteiger charge is -1.96. The number of hydrogen-bond acceptors (Lipinski definition) is 4. The highest BCUT2D eigenvalue weighted by molar-refractivity contribution is 7.71. The zero-order valence-electron chi connectivity index (χ0n) is 7.02. The van der Waals surface area contributed by atoms with Crippen molar-refractivity contribution in [3.63, 3.8) is 0 Å². The third-order valence-electron chi connectivity index (χ3n) is 1.69. The van der Waals surface area contributed by atoms with E-state index >= 15 is 0 Å². The van der Waals surface area contributed by atoms with Gasteiger partial charge in [0.05, 0.1) is 11.3 Å². The Morgan fingerprint density at radius 2 is 2.36 bits per heavy atom. The summed E-state index contributed by atoms with van der Waals surface area (Å²) in [4.78, 5) is 7.11. The summed E-state index contributed by atoms with van der Waals surface area (Å²) >= 11 is 6.54. The van der Waals surface area contributed by atoms with Crippen molar-refractivity contribution in [3.05, 3.63) is 33.9 Å². The van der Waals surface area contributed by atoms with Crippen LogP contribution in [0.15, 0.2) is 23.7 Å². The fourth-order valence-corrected chi connectivity index (χ4v) is 1.88. The molecule has 0 aromatic carbocycles. The van der Waals surface area contributed by atoms with Crippen molar-refractivity contribution in [2.45, 2.75) is 0 Å². The number of nitrogens with one attached hydrogen (secondary N) is 1. The molecule has 0 spiro atoms. The number of aromatic amines is 1. The van der Waals surface area contributed by atoms with E-state index in [2.05, 4.69) is 9.97 Å². The van der Waals surface area contributed by atoms with Crippen LogP contribution in [0.4, 0.5) is 0 Å². The molecule has 5 heteroatoms. The summed E-state index contributed by atoms with van der Waals surface area (Å²) in [5, 5.41) is 11.5. The zero-order valence-corrected chi connectivity index (χ0v) is 8.65. The maximum absolute atomic E-state index is 8.69. The Labute approximate surface area is 89.7 Å². The molecule has 14 heavy (non-hydrogen) atoms. The fourth-order valence-electron chi connectivity index (χ4n) is 1.04. The van der Waals surface area contributed by atoms with E-state index in [9.17, 15) is 0 Å². The third-order valence-corrected chi connectivity index (χ3v) is 2.82. The van der Waals surface area contributed by atoms with Gasteiger partial charge in [0.25, 0.3) is 0 Å². The van der Waals surface area contributed by atoms with Crippen molar-refractivity contribution in [1.82, 2.24) is 9.97 Å². The molecule has 0 bridgehead atoms. The molecule has 0 aliphatic rings. The lowest BCUT2D eigenvalue weighted by molar-refractivity contribution is 1.25. The number of hydrogen-bond donors (Lipinski definition) is 1. The molecule has 2 aromatic heterocycles. The topological polar surface area (TPSA) is 52.5 Å². The molecule has 0 unspecified atom stereocenters. The van der Waals surface area contributed by atoms with Crippen molar-refractivity contribution in [2.75, 3.05) is 0 Å². The second-order valence-corrected chi connectivity index (χ2v) is 3.87. The van der Waals surface area contributed by atoms with Crippen molar-refractivity contribution < 1.29 is 0 Å². The summed E-state index contributed by atoms with van der Waals surface area (Å²) in [6.45, 7) is 0. The molecule has 0 amide bonds. The molecular formula is C9H5N3S2. The summed E-state index contributed by atoms with van der Waals surface area (Å²) < 4.78 is 0.459. The van der Waals surface area contributed by atoms with Gasteiger partial charge in [0, 0.05) is 11.6 Å². The fraction of sp³-hybridized carbons (Fsp3) is 0. The number of aromatic nitrogens is 2. The first-order valence-electron chi connectivity index (χ1n) is 3.84. The molecule has 1 N–H and O–H groups in total. The number of pyridine rings is 1. The lowest BCUT2D eigenvalue weighted by Crippen LogP contribution is -1.86. The summed E-state index contributed by atoms with van der Waals surface area (Å²) in [5.74, 6) is 0. The van der Waals surface area contributed by atoms with Crippen molar-refractivity contribution in [2.24, 2.45) is 0 Å². The van der Waals surface area contributed by atoms with Crippen molar-refractivity contribution in [3.8, 4) is 16.8 Å². The molecule has 2 heterocycles. The van der Waals surface area contributed by atoms with Crippen LogP contribution >= 0.6 is 23.6 Å². The van der Waals surface area contributed by atoms with E-state index in [4.69, 9.17) is 17.5 Å². The standard InChI is InChI=1S/C9H5N3S2/c10-5-6-1-2-7(12-8(6)13)9-11-3-4-14-9/h1-4H,(H,12,13). The first-order valence-corrected chi connectivity index (χ1v) is 5.13. The monoisotopic (exact) mass is 219 g/mol. The molecule has 3 nitrogen and oxygen atoms in total. The average molecular weight is 219 g/mol. The Bertz CT molecular complexity index is 534. The number of nitriles is 1. The smallest absolute Gasteiger partial charge is 0.139 e. The predicted molar refractivity (Wildman–Crippen MR) is 57.4 cm³/mol. The second kappa shape index (κ2) is 3.70. The minimum absolute atomic E-state index is 0.459. The number of H-pyrrole nitrogens is 1. The highest BCUT2D eigenvalue weighted by Gasteiger charge is 2.01. The Balaban J connectivity index is 2.55. The Kier molecular flexibility index (Phi) is 2.39. The molecule has 2 aromatic rings. The summed E-state index contributed by atoms with van der Waals surface area (Å²) in [6, 6.07) is 5.53. The minimum Gasteiger partial charge on any atom is -0.343 e. The lowest BCUT2D eigenvalue weighted by atomic mass is 10.3. The predicted octanol–water partition coefficient (Wildman–Crippen LogP) is 2.74. The molecule has 0 fully saturated rings. The summed E-state index contributed by atoms with van der Waals surface area (Å²) in [6.07, 6.45) is 1.73.